The molecule has 0 saturated heterocycles. The zero-order valence-electron chi connectivity index (χ0n) is 16.0. The summed E-state index contributed by atoms with van der Waals surface area (Å²) in [4.78, 5) is 2.47. The van der Waals surface area contributed by atoms with Crippen LogP contribution in [0.15, 0.2) is 71.9 Å². The lowest BCUT2D eigenvalue weighted by atomic mass is 9.74. The standard InChI is InChI=1S/C24H30N2O/c27-25-20-24(16-8-3-9-17-24)21-26(19-23-13-6-2-7-14-23)18-10-15-22-11-4-1-5-12-22/h1-2,4-7,10-15,20,27H,3,8-9,16-19,21H2/b15-10+,25-20+. The highest BCUT2D eigenvalue weighted by Crippen LogP contribution is 2.36. The Morgan fingerprint density at radius 2 is 1.59 bits per heavy atom. The lowest BCUT2D eigenvalue weighted by molar-refractivity contribution is 0.167. The molecule has 0 atom stereocenters. The van der Waals surface area contributed by atoms with Gasteiger partial charge in [-0.3, -0.25) is 4.90 Å². The van der Waals surface area contributed by atoms with E-state index in [4.69, 9.17) is 0 Å². The van der Waals surface area contributed by atoms with E-state index in [9.17, 15) is 5.21 Å². The fraction of sp³-hybridized carbons (Fsp3) is 0.375. The van der Waals surface area contributed by atoms with Crippen LogP contribution in [0.25, 0.3) is 6.08 Å². The van der Waals surface area contributed by atoms with Gasteiger partial charge in [-0.15, -0.1) is 5.16 Å². The van der Waals surface area contributed by atoms with Crippen molar-refractivity contribution in [3.05, 3.63) is 77.9 Å². The van der Waals surface area contributed by atoms with Gasteiger partial charge in [-0.05, 0) is 24.0 Å². The molecule has 3 nitrogen and oxygen atoms in total. The summed E-state index contributed by atoms with van der Waals surface area (Å²) < 4.78 is 0. The number of benzene rings is 2. The Labute approximate surface area is 163 Å². The maximum Gasteiger partial charge on any atom is 0.0510 e. The first-order valence-electron chi connectivity index (χ1n) is 9.96. The average molecular weight is 363 g/mol. The molecule has 0 radical (unpaired) electrons. The van der Waals surface area contributed by atoms with Crippen molar-refractivity contribution in [1.82, 2.24) is 4.90 Å². The van der Waals surface area contributed by atoms with Gasteiger partial charge in [0.15, 0.2) is 0 Å². The van der Waals surface area contributed by atoms with Crippen LogP contribution in [0.1, 0.15) is 43.2 Å². The molecule has 1 fully saturated rings. The minimum absolute atomic E-state index is 0.0115. The van der Waals surface area contributed by atoms with E-state index in [0.717, 1.165) is 32.5 Å². The van der Waals surface area contributed by atoms with E-state index >= 15 is 0 Å². The molecular weight excluding hydrogens is 332 g/mol. The summed E-state index contributed by atoms with van der Waals surface area (Å²) >= 11 is 0. The molecular formula is C24H30N2O. The third kappa shape index (κ3) is 6.07. The van der Waals surface area contributed by atoms with Gasteiger partial charge in [-0.2, -0.15) is 0 Å². The van der Waals surface area contributed by atoms with E-state index in [0.29, 0.717) is 0 Å². The molecule has 27 heavy (non-hydrogen) atoms. The summed E-state index contributed by atoms with van der Waals surface area (Å²) in [5.74, 6) is 0. The van der Waals surface area contributed by atoms with Crippen molar-refractivity contribution in [2.24, 2.45) is 10.6 Å². The summed E-state index contributed by atoms with van der Waals surface area (Å²) in [5, 5.41) is 12.7. The van der Waals surface area contributed by atoms with Gasteiger partial charge < -0.3 is 5.21 Å². The number of oxime groups is 1. The molecule has 2 aromatic rings. The Morgan fingerprint density at radius 3 is 2.26 bits per heavy atom. The fourth-order valence-electron chi connectivity index (χ4n) is 4.08. The lowest BCUT2D eigenvalue weighted by Gasteiger charge is -2.38. The second kappa shape index (κ2) is 10.1. The highest BCUT2D eigenvalue weighted by molar-refractivity contribution is 5.65. The van der Waals surface area contributed by atoms with Gasteiger partial charge in [0.2, 0.25) is 0 Å². The van der Waals surface area contributed by atoms with Crippen LogP contribution >= 0.6 is 0 Å². The van der Waals surface area contributed by atoms with Crippen LogP contribution in [-0.2, 0) is 6.54 Å². The van der Waals surface area contributed by atoms with Crippen molar-refractivity contribution >= 4 is 12.3 Å². The second-order valence-electron chi connectivity index (χ2n) is 7.64. The van der Waals surface area contributed by atoms with Crippen molar-refractivity contribution in [3.8, 4) is 0 Å². The topological polar surface area (TPSA) is 35.8 Å². The molecule has 3 rings (SSSR count). The predicted octanol–water partition coefficient (Wildman–Crippen LogP) is 5.61. The van der Waals surface area contributed by atoms with Gasteiger partial charge >= 0.3 is 0 Å². The molecule has 1 N–H and O–H groups in total. The van der Waals surface area contributed by atoms with Crippen molar-refractivity contribution in [2.45, 2.75) is 38.6 Å². The normalized spacial score (nSPS) is 17.1. The Bertz CT molecular complexity index is 719. The molecule has 0 unspecified atom stereocenters. The van der Waals surface area contributed by atoms with E-state index in [1.165, 1.54) is 30.4 Å². The first-order valence-corrected chi connectivity index (χ1v) is 9.96. The quantitative estimate of drug-likeness (QED) is 0.376. The van der Waals surface area contributed by atoms with Gasteiger partial charge in [0.25, 0.3) is 0 Å². The number of rotatable bonds is 8. The third-order valence-corrected chi connectivity index (χ3v) is 5.44. The summed E-state index contributed by atoms with van der Waals surface area (Å²) in [6.07, 6.45) is 12.1. The fourth-order valence-corrected chi connectivity index (χ4v) is 4.08. The van der Waals surface area contributed by atoms with Crippen LogP contribution in [0.5, 0.6) is 0 Å². The summed E-state index contributed by atoms with van der Waals surface area (Å²) in [6.45, 7) is 2.71. The molecule has 3 heteroatoms. The average Bonchev–Trinajstić information content (AvgIpc) is 2.70. The number of hydrogen-bond acceptors (Lipinski definition) is 3. The Kier molecular flexibility index (Phi) is 7.23. The SMILES string of the molecule is O/N=C/C1(CN(C/C=C/c2ccccc2)Cc2ccccc2)CCCCC1. The van der Waals surface area contributed by atoms with E-state index in [1.807, 2.05) is 6.07 Å². The zero-order chi connectivity index (χ0) is 18.8. The minimum Gasteiger partial charge on any atom is -0.411 e. The molecule has 1 aliphatic rings. The zero-order valence-corrected chi connectivity index (χ0v) is 16.0. The van der Waals surface area contributed by atoms with Crippen molar-refractivity contribution < 1.29 is 5.21 Å². The van der Waals surface area contributed by atoms with Crippen molar-refractivity contribution in [1.29, 1.82) is 0 Å². The molecule has 0 aromatic heterocycles. The van der Waals surface area contributed by atoms with Crippen LogP contribution in [0, 0.1) is 5.41 Å². The molecule has 0 bridgehead atoms. The van der Waals surface area contributed by atoms with E-state index < -0.39 is 0 Å². The predicted molar refractivity (Wildman–Crippen MR) is 113 cm³/mol. The van der Waals surface area contributed by atoms with Gasteiger partial charge in [-0.1, -0.05) is 92.1 Å². The van der Waals surface area contributed by atoms with Crippen LogP contribution in [0.2, 0.25) is 0 Å². The van der Waals surface area contributed by atoms with Gasteiger partial charge in [0.1, 0.15) is 0 Å². The summed E-state index contributed by atoms with van der Waals surface area (Å²) in [7, 11) is 0. The van der Waals surface area contributed by atoms with Crippen LogP contribution in [0.3, 0.4) is 0 Å². The van der Waals surface area contributed by atoms with Crippen molar-refractivity contribution in [3.63, 3.8) is 0 Å². The van der Waals surface area contributed by atoms with Crippen LogP contribution < -0.4 is 0 Å². The highest BCUT2D eigenvalue weighted by atomic mass is 16.4. The second-order valence-corrected chi connectivity index (χ2v) is 7.64. The molecule has 1 saturated carbocycles. The molecule has 142 valence electrons. The Hall–Kier alpha value is -2.39. The molecule has 1 aliphatic carbocycles. The smallest absolute Gasteiger partial charge is 0.0510 e. The monoisotopic (exact) mass is 362 g/mol. The summed E-state index contributed by atoms with van der Waals surface area (Å²) in [5.41, 5.74) is 2.53. The van der Waals surface area contributed by atoms with Gasteiger partial charge in [-0.25, -0.2) is 0 Å². The molecule has 0 aliphatic heterocycles. The van der Waals surface area contributed by atoms with E-state index in [1.54, 1.807) is 6.21 Å². The lowest BCUT2D eigenvalue weighted by Crippen LogP contribution is -2.40. The molecule has 0 heterocycles. The van der Waals surface area contributed by atoms with Gasteiger partial charge in [0.05, 0.1) is 6.21 Å². The summed E-state index contributed by atoms with van der Waals surface area (Å²) in [6, 6.07) is 21.0. The van der Waals surface area contributed by atoms with Gasteiger partial charge in [0, 0.05) is 25.0 Å². The van der Waals surface area contributed by atoms with E-state index in [2.05, 4.69) is 76.8 Å². The first-order chi connectivity index (χ1) is 13.3. The van der Waals surface area contributed by atoms with Crippen LogP contribution in [0.4, 0.5) is 0 Å². The highest BCUT2D eigenvalue weighted by Gasteiger charge is 2.32. The minimum atomic E-state index is -0.0115. The Morgan fingerprint density at radius 1 is 0.926 bits per heavy atom. The maximum absolute atomic E-state index is 9.25. The van der Waals surface area contributed by atoms with E-state index in [-0.39, 0.29) is 5.41 Å². The van der Waals surface area contributed by atoms with Crippen molar-refractivity contribution in [2.75, 3.05) is 13.1 Å². The first kappa shape index (κ1) is 19.4. The molecule has 0 amide bonds. The number of nitrogens with zero attached hydrogens (tertiary/aromatic N) is 2. The largest absolute Gasteiger partial charge is 0.411 e. The molecule has 0 spiro atoms. The molecule has 2 aromatic carbocycles. The van der Waals surface area contributed by atoms with Crippen LogP contribution in [-0.4, -0.2) is 29.4 Å². The number of hydrogen-bond donors (Lipinski definition) is 1. The Balaban J connectivity index is 1.73. The maximum atomic E-state index is 9.25. The third-order valence-electron chi connectivity index (χ3n) is 5.44.